The van der Waals surface area contributed by atoms with Crippen molar-refractivity contribution in [3.63, 3.8) is 0 Å². The summed E-state index contributed by atoms with van der Waals surface area (Å²) in [6.45, 7) is 1.95. The lowest BCUT2D eigenvalue weighted by Gasteiger charge is -2.13. The molecule has 0 saturated carbocycles. The molecule has 3 aromatic rings. The molecule has 3 heterocycles. The summed E-state index contributed by atoms with van der Waals surface area (Å²) in [4.78, 5) is 17.4. The van der Waals surface area contributed by atoms with E-state index in [1.165, 1.54) is 0 Å². The van der Waals surface area contributed by atoms with Crippen LogP contribution in [-0.4, -0.2) is 15.7 Å². The predicted octanol–water partition coefficient (Wildman–Crippen LogP) is 4.02. The number of benzene rings is 1. The summed E-state index contributed by atoms with van der Waals surface area (Å²) >= 11 is 12.2. The Balaban J connectivity index is 2.14. The summed E-state index contributed by atoms with van der Waals surface area (Å²) in [6.07, 6.45) is 2.20. The highest BCUT2D eigenvalue weighted by Crippen LogP contribution is 2.34. The van der Waals surface area contributed by atoms with E-state index in [4.69, 9.17) is 27.9 Å². The quantitative estimate of drug-likeness (QED) is 0.668. The molecule has 1 aliphatic heterocycles. The van der Waals surface area contributed by atoms with Crippen LogP contribution in [0.15, 0.2) is 41.3 Å². The van der Waals surface area contributed by atoms with E-state index in [1.807, 2.05) is 19.1 Å². The van der Waals surface area contributed by atoms with E-state index in [2.05, 4.69) is 4.98 Å². The molecular formula is C17H12Cl2N2O2. The number of rotatable bonds is 1. The number of hydrogen-bond donors (Lipinski definition) is 0. The normalized spacial score (nSPS) is 16.4. The minimum Gasteiger partial charge on any atom is -0.489 e. The largest absolute Gasteiger partial charge is 0.489 e. The van der Waals surface area contributed by atoms with E-state index < -0.39 is 0 Å². The van der Waals surface area contributed by atoms with Gasteiger partial charge in [-0.25, -0.2) is 4.98 Å². The second-order valence-electron chi connectivity index (χ2n) is 5.58. The van der Waals surface area contributed by atoms with Crippen LogP contribution in [0, 0.1) is 0 Å². The Morgan fingerprint density at radius 3 is 2.74 bits per heavy atom. The number of hydrogen-bond acceptors (Lipinski definition) is 3. The third-order valence-corrected chi connectivity index (χ3v) is 4.33. The smallest absolute Gasteiger partial charge is 0.263 e. The Hall–Kier alpha value is -2.04. The van der Waals surface area contributed by atoms with Gasteiger partial charge in [0, 0.05) is 22.7 Å². The maximum Gasteiger partial charge on any atom is 0.263 e. The molecule has 0 fully saturated rings. The van der Waals surface area contributed by atoms with Gasteiger partial charge in [-0.2, -0.15) is 0 Å². The van der Waals surface area contributed by atoms with Crippen LogP contribution in [0.5, 0.6) is 5.75 Å². The van der Waals surface area contributed by atoms with Gasteiger partial charge in [0.1, 0.15) is 11.9 Å². The van der Waals surface area contributed by atoms with E-state index in [1.54, 1.807) is 29.0 Å². The second kappa shape index (κ2) is 5.25. The zero-order valence-corrected chi connectivity index (χ0v) is 13.7. The number of ether oxygens (including phenoxy) is 1. The van der Waals surface area contributed by atoms with E-state index in [0.29, 0.717) is 39.1 Å². The molecule has 0 bridgehead atoms. The molecule has 23 heavy (non-hydrogen) atoms. The van der Waals surface area contributed by atoms with Gasteiger partial charge in [-0.1, -0.05) is 23.2 Å². The highest BCUT2D eigenvalue weighted by atomic mass is 35.5. The summed E-state index contributed by atoms with van der Waals surface area (Å²) in [7, 11) is 0. The topological polar surface area (TPSA) is 44.1 Å². The molecule has 0 spiro atoms. The predicted molar refractivity (Wildman–Crippen MR) is 91.2 cm³/mol. The first kappa shape index (κ1) is 14.5. The monoisotopic (exact) mass is 346 g/mol. The minimum atomic E-state index is -0.145. The molecule has 0 radical (unpaired) electrons. The van der Waals surface area contributed by atoms with Crippen molar-refractivity contribution in [1.29, 1.82) is 0 Å². The van der Waals surface area contributed by atoms with Crippen LogP contribution in [0.3, 0.4) is 0 Å². The molecule has 0 amide bonds. The lowest BCUT2D eigenvalue weighted by molar-refractivity contribution is 0.257. The Kier molecular flexibility index (Phi) is 3.32. The molecule has 1 unspecified atom stereocenters. The summed E-state index contributed by atoms with van der Waals surface area (Å²) in [6, 6.07) is 8.77. The number of nitrogens with zero attached hydrogens (tertiary/aromatic N) is 2. The molecule has 6 heteroatoms. The van der Waals surface area contributed by atoms with E-state index >= 15 is 0 Å². The molecule has 4 nitrogen and oxygen atoms in total. The van der Waals surface area contributed by atoms with Crippen molar-refractivity contribution < 1.29 is 4.74 Å². The van der Waals surface area contributed by atoms with Gasteiger partial charge in [-0.3, -0.25) is 9.36 Å². The van der Waals surface area contributed by atoms with Crippen molar-refractivity contribution in [3.05, 3.63) is 62.5 Å². The maximum atomic E-state index is 13.0. The van der Waals surface area contributed by atoms with Gasteiger partial charge in [-0.05, 0) is 37.3 Å². The lowest BCUT2D eigenvalue weighted by atomic mass is 10.1. The van der Waals surface area contributed by atoms with Crippen LogP contribution in [0.1, 0.15) is 12.5 Å². The third-order valence-electron chi connectivity index (χ3n) is 3.89. The molecule has 4 rings (SSSR count). The molecular weight excluding hydrogens is 335 g/mol. The third kappa shape index (κ3) is 2.30. The first-order valence-corrected chi connectivity index (χ1v) is 7.96. The van der Waals surface area contributed by atoms with Crippen molar-refractivity contribution in [1.82, 2.24) is 9.55 Å². The fourth-order valence-electron chi connectivity index (χ4n) is 3.00. The van der Waals surface area contributed by atoms with Crippen molar-refractivity contribution in [2.75, 3.05) is 0 Å². The van der Waals surface area contributed by atoms with Crippen molar-refractivity contribution in [2.24, 2.45) is 0 Å². The first-order valence-electron chi connectivity index (χ1n) is 7.20. The molecule has 2 aromatic heterocycles. The van der Waals surface area contributed by atoms with E-state index in [9.17, 15) is 4.79 Å². The Morgan fingerprint density at radius 1 is 1.26 bits per heavy atom. The highest BCUT2D eigenvalue weighted by Gasteiger charge is 2.27. The number of fused-ring (bicyclic) bond motifs is 3. The number of halogens is 2. The van der Waals surface area contributed by atoms with Crippen molar-refractivity contribution in [2.45, 2.75) is 19.4 Å². The van der Waals surface area contributed by atoms with Crippen molar-refractivity contribution >= 4 is 34.2 Å². The molecule has 1 atom stereocenters. The summed E-state index contributed by atoms with van der Waals surface area (Å²) < 4.78 is 7.38. The molecule has 0 aliphatic carbocycles. The zero-order chi connectivity index (χ0) is 16.1. The van der Waals surface area contributed by atoms with Gasteiger partial charge in [0.2, 0.25) is 0 Å². The summed E-state index contributed by atoms with van der Waals surface area (Å²) in [5, 5.41) is 1.74. The first-order chi connectivity index (χ1) is 11.0. The summed E-state index contributed by atoms with van der Waals surface area (Å²) in [5.74, 6) is 0.634. The summed E-state index contributed by atoms with van der Waals surface area (Å²) in [5.41, 5.74) is 1.64. The van der Waals surface area contributed by atoms with Gasteiger partial charge in [0.05, 0.1) is 16.6 Å². The van der Waals surface area contributed by atoms with Crippen LogP contribution in [0.25, 0.3) is 16.7 Å². The van der Waals surface area contributed by atoms with Crippen LogP contribution in [-0.2, 0) is 6.42 Å². The lowest BCUT2D eigenvalue weighted by Crippen LogP contribution is -2.22. The van der Waals surface area contributed by atoms with Crippen LogP contribution in [0.4, 0.5) is 0 Å². The molecule has 1 aliphatic rings. The van der Waals surface area contributed by atoms with E-state index in [0.717, 1.165) is 5.39 Å². The molecule has 0 N–H and O–H groups in total. The standard InChI is InChI=1S/C17H12Cl2N2O2/c1-9-5-14-15(23-9)13-3-2-4-20-16(13)21(17(14)22)12-7-10(18)6-11(19)8-12/h2-4,6-9H,5H2,1H3. The van der Waals surface area contributed by atoms with Gasteiger partial charge in [-0.15, -0.1) is 0 Å². The van der Waals surface area contributed by atoms with Gasteiger partial charge in [0.15, 0.2) is 5.65 Å². The SMILES string of the molecule is CC1Cc2c(c3cccnc3n(-c3cc(Cl)cc(Cl)c3)c2=O)O1. The molecule has 1 aromatic carbocycles. The minimum absolute atomic E-state index is 0.0279. The average molecular weight is 347 g/mol. The number of aromatic nitrogens is 2. The number of pyridine rings is 2. The Bertz CT molecular complexity index is 978. The van der Waals surface area contributed by atoms with Crippen LogP contribution < -0.4 is 10.3 Å². The fourth-order valence-corrected chi connectivity index (χ4v) is 3.51. The second-order valence-corrected chi connectivity index (χ2v) is 6.46. The Labute approximate surface area is 142 Å². The fraction of sp³-hybridized carbons (Fsp3) is 0.176. The molecule has 0 saturated heterocycles. The molecule has 116 valence electrons. The van der Waals surface area contributed by atoms with Crippen LogP contribution >= 0.6 is 23.2 Å². The Morgan fingerprint density at radius 2 is 2.00 bits per heavy atom. The van der Waals surface area contributed by atoms with Crippen LogP contribution in [0.2, 0.25) is 10.0 Å². The van der Waals surface area contributed by atoms with Gasteiger partial charge < -0.3 is 4.74 Å². The van der Waals surface area contributed by atoms with Gasteiger partial charge >= 0.3 is 0 Å². The highest BCUT2D eigenvalue weighted by molar-refractivity contribution is 6.34. The zero-order valence-electron chi connectivity index (χ0n) is 12.2. The van der Waals surface area contributed by atoms with Gasteiger partial charge in [0.25, 0.3) is 5.56 Å². The average Bonchev–Trinajstić information content (AvgIpc) is 2.89. The maximum absolute atomic E-state index is 13.0. The van der Waals surface area contributed by atoms with Crippen molar-refractivity contribution in [3.8, 4) is 11.4 Å². The van der Waals surface area contributed by atoms with E-state index in [-0.39, 0.29) is 11.7 Å².